The Morgan fingerprint density at radius 3 is 2.61 bits per heavy atom. The van der Waals surface area contributed by atoms with Crippen LogP contribution in [0.5, 0.6) is 11.5 Å². The van der Waals surface area contributed by atoms with Crippen LogP contribution >= 0.6 is 0 Å². The third-order valence-corrected chi connectivity index (χ3v) is 9.55. The van der Waals surface area contributed by atoms with Gasteiger partial charge in [0.25, 0.3) is 0 Å². The van der Waals surface area contributed by atoms with Gasteiger partial charge < -0.3 is 24.4 Å². The molecule has 3 atom stereocenters. The summed E-state index contributed by atoms with van der Waals surface area (Å²) in [5.74, 6) is 3.87. The molecule has 212 valence electrons. The number of rotatable bonds is 13. The molecule has 3 unspecified atom stereocenters. The molecule has 0 spiro atoms. The molecule has 1 N–H and O–H groups in total. The fourth-order valence-corrected chi connectivity index (χ4v) is 7.24. The van der Waals surface area contributed by atoms with Gasteiger partial charge >= 0.3 is 0 Å². The lowest BCUT2D eigenvalue weighted by atomic mass is 9.79. The van der Waals surface area contributed by atoms with Crippen molar-refractivity contribution in [2.24, 2.45) is 11.8 Å². The first-order chi connectivity index (χ1) is 18.7. The van der Waals surface area contributed by atoms with E-state index in [2.05, 4.69) is 22.3 Å². The van der Waals surface area contributed by atoms with Crippen molar-refractivity contribution in [3.8, 4) is 11.5 Å². The van der Waals surface area contributed by atoms with E-state index in [1.165, 1.54) is 56.9 Å². The minimum absolute atomic E-state index is 0.241. The summed E-state index contributed by atoms with van der Waals surface area (Å²) in [6.07, 6.45) is 17.8. The Kier molecular flexibility index (Phi) is 10.2. The van der Waals surface area contributed by atoms with Crippen LogP contribution in [0.15, 0.2) is 18.2 Å². The molecule has 2 saturated heterocycles. The highest BCUT2D eigenvalue weighted by atomic mass is 16.5. The van der Waals surface area contributed by atoms with Gasteiger partial charge in [0, 0.05) is 32.0 Å². The molecular formula is C32H50N2O4. The number of benzene rings is 1. The van der Waals surface area contributed by atoms with Crippen LogP contribution < -0.4 is 14.8 Å². The molecule has 4 aliphatic rings. The number of unbranched alkanes of at least 4 members (excludes halogenated alkanes) is 2. The minimum Gasteiger partial charge on any atom is -0.493 e. The van der Waals surface area contributed by atoms with E-state index in [4.69, 9.17) is 14.2 Å². The number of ether oxygens (including phenoxy) is 3. The molecule has 1 aromatic carbocycles. The lowest BCUT2D eigenvalue weighted by molar-refractivity contribution is -0.127. The van der Waals surface area contributed by atoms with E-state index in [1.54, 1.807) is 7.11 Å². The van der Waals surface area contributed by atoms with Crippen molar-refractivity contribution in [3.63, 3.8) is 0 Å². The zero-order valence-corrected chi connectivity index (χ0v) is 23.6. The molecule has 1 aromatic rings. The number of amides is 1. The van der Waals surface area contributed by atoms with Crippen molar-refractivity contribution in [1.29, 1.82) is 0 Å². The zero-order chi connectivity index (χ0) is 26.2. The van der Waals surface area contributed by atoms with E-state index < -0.39 is 0 Å². The molecule has 1 amide bonds. The molecule has 2 aliphatic heterocycles. The van der Waals surface area contributed by atoms with Crippen molar-refractivity contribution in [3.05, 3.63) is 23.8 Å². The first-order valence-electron chi connectivity index (χ1n) is 15.6. The number of nitrogens with zero attached hydrogens (tertiary/aromatic N) is 1. The second-order valence-electron chi connectivity index (χ2n) is 12.3. The number of hydrogen-bond acceptors (Lipinski definition) is 5. The van der Waals surface area contributed by atoms with Gasteiger partial charge in [-0.3, -0.25) is 4.79 Å². The highest BCUT2D eigenvalue weighted by Crippen LogP contribution is 2.38. The Balaban J connectivity index is 0.971. The first kappa shape index (κ1) is 27.8. The third-order valence-electron chi connectivity index (χ3n) is 9.55. The summed E-state index contributed by atoms with van der Waals surface area (Å²) in [5, 5.41) is 3.63. The molecule has 6 nitrogen and oxygen atoms in total. The summed E-state index contributed by atoms with van der Waals surface area (Å²) in [4.78, 5) is 14.8. The van der Waals surface area contributed by atoms with Gasteiger partial charge in [-0.05, 0) is 81.0 Å². The molecular weight excluding hydrogens is 476 g/mol. The number of carbonyl (C=O) groups is 1. The predicted molar refractivity (Wildman–Crippen MR) is 151 cm³/mol. The zero-order valence-electron chi connectivity index (χ0n) is 23.6. The molecule has 0 radical (unpaired) electrons. The van der Waals surface area contributed by atoms with Crippen LogP contribution in [0, 0.1) is 11.8 Å². The van der Waals surface area contributed by atoms with Gasteiger partial charge in [0.1, 0.15) is 0 Å². The summed E-state index contributed by atoms with van der Waals surface area (Å²) >= 11 is 0. The summed E-state index contributed by atoms with van der Waals surface area (Å²) in [6, 6.07) is 6.24. The van der Waals surface area contributed by atoms with Crippen LogP contribution in [-0.4, -0.2) is 62.9 Å². The number of hydrogen-bond donors (Lipinski definition) is 1. The molecule has 4 fully saturated rings. The maximum atomic E-state index is 12.7. The molecule has 0 aromatic heterocycles. The van der Waals surface area contributed by atoms with E-state index in [1.807, 2.05) is 6.07 Å². The van der Waals surface area contributed by atoms with Crippen molar-refractivity contribution in [2.45, 2.75) is 108 Å². The Hall–Kier alpha value is -1.79. The van der Waals surface area contributed by atoms with E-state index in [-0.39, 0.29) is 11.8 Å². The highest BCUT2D eigenvalue weighted by Gasteiger charge is 2.33. The van der Waals surface area contributed by atoms with Crippen molar-refractivity contribution in [1.82, 2.24) is 10.2 Å². The van der Waals surface area contributed by atoms with E-state index in [0.717, 1.165) is 88.2 Å². The van der Waals surface area contributed by atoms with Gasteiger partial charge in [0.05, 0.1) is 25.9 Å². The average Bonchev–Trinajstić information content (AvgIpc) is 3.71. The monoisotopic (exact) mass is 526 g/mol. The maximum Gasteiger partial charge on any atom is 0.223 e. The van der Waals surface area contributed by atoms with Crippen LogP contribution in [0.3, 0.4) is 0 Å². The first-order valence-corrected chi connectivity index (χ1v) is 15.6. The highest BCUT2D eigenvalue weighted by molar-refractivity contribution is 5.79. The largest absolute Gasteiger partial charge is 0.493 e. The SMILES string of the molecule is COc1ccc(C2CC(=O)N(CCCCCNCC3CC(C4CCCCC4)CO3)C2)cc1OC1CCCC1. The predicted octanol–water partition coefficient (Wildman–Crippen LogP) is 6.08. The van der Waals surface area contributed by atoms with Crippen molar-refractivity contribution in [2.75, 3.05) is 39.9 Å². The fourth-order valence-electron chi connectivity index (χ4n) is 7.24. The number of likely N-dealkylation sites (tertiary alicyclic amines) is 1. The molecule has 5 rings (SSSR count). The smallest absolute Gasteiger partial charge is 0.223 e. The van der Waals surface area contributed by atoms with E-state index >= 15 is 0 Å². The summed E-state index contributed by atoms with van der Waals surface area (Å²) in [5.41, 5.74) is 1.19. The summed E-state index contributed by atoms with van der Waals surface area (Å²) in [6.45, 7) is 4.69. The molecule has 0 bridgehead atoms. The van der Waals surface area contributed by atoms with Crippen molar-refractivity contribution >= 4 is 5.91 Å². The lowest BCUT2D eigenvalue weighted by Gasteiger charge is -2.26. The van der Waals surface area contributed by atoms with Gasteiger partial charge in [0.15, 0.2) is 11.5 Å². The maximum absolute atomic E-state index is 12.7. The van der Waals surface area contributed by atoms with Gasteiger partial charge in [-0.1, -0.05) is 44.6 Å². The second kappa shape index (κ2) is 14.0. The van der Waals surface area contributed by atoms with Crippen molar-refractivity contribution < 1.29 is 19.0 Å². The van der Waals surface area contributed by atoms with Crippen LogP contribution in [-0.2, 0) is 9.53 Å². The Morgan fingerprint density at radius 2 is 1.79 bits per heavy atom. The molecule has 2 saturated carbocycles. The Labute approximate surface area is 230 Å². The molecule has 6 heteroatoms. The number of nitrogens with one attached hydrogen (secondary N) is 1. The van der Waals surface area contributed by atoms with Gasteiger partial charge in [-0.15, -0.1) is 0 Å². The van der Waals surface area contributed by atoms with Crippen LogP contribution in [0.25, 0.3) is 0 Å². The Morgan fingerprint density at radius 1 is 0.974 bits per heavy atom. The normalized spacial score (nSPS) is 26.9. The molecule has 38 heavy (non-hydrogen) atoms. The van der Waals surface area contributed by atoms with Crippen LogP contribution in [0.4, 0.5) is 0 Å². The van der Waals surface area contributed by atoms with Gasteiger partial charge in [-0.25, -0.2) is 0 Å². The van der Waals surface area contributed by atoms with Gasteiger partial charge in [-0.2, -0.15) is 0 Å². The van der Waals surface area contributed by atoms with Crippen LogP contribution in [0.1, 0.15) is 101 Å². The lowest BCUT2D eigenvalue weighted by Crippen LogP contribution is -2.28. The molecule has 2 aliphatic carbocycles. The summed E-state index contributed by atoms with van der Waals surface area (Å²) in [7, 11) is 1.70. The van der Waals surface area contributed by atoms with Crippen LogP contribution in [0.2, 0.25) is 0 Å². The third kappa shape index (κ3) is 7.44. The van der Waals surface area contributed by atoms with E-state index in [9.17, 15) is 4.79 Å². The topological polar surface area (TPSA) is 60.0 Å². The van der Waals surface area contributed by atoms with E-state index in [0.29, 0.717) is 18.6 Å². The second-order valence-corrected chi connectivity index (χ2v) is 12.3. The Bertz CT molecular complexity index is 880. The standard InChI is InChI=1S/C32H50N2O4/c1-36-30-15-14-25(19-31(30)38-28-12-6-7-13-28)26-20-32(35)34(22-26)17-9-3-8-16-33-21-29-18-27(23-37-29)24-10-4-2-5-11-24/h14-15,19,24,26-29,33H,2-13,16-18,20-23H2,1H3. The number of methoxy groups -OCH3 is 1. The number of carbonyl (C=O) groups excluding carboxylic acids is 1. The quantitative estimate of drug-likeness (QED) is 0.316. The minimum atomic E-state index is 0.241. The summed E-state index contributed by atoms with van der Waals surface area (Å²) < 4.78 is 17.9. The van der Waals surface area contributed by atoms with Gasteiger partial charge in [0.2, 0.25) is 5.91 Å². The fraction of sp³-hybridized carbons (Fsp3) is 0.781. The average molecular weight is 527 g/mol. The molecule has 2 heterocycles.